The molecule has 0 fully saturated rings. The summed E-state index contributed by atoms with van der Waals surface area (Å²) in [5.74, 6) is 0.521. The molecular weight excluding hydrogens is 150 g/mol. The molecule has 0 bridgehead atoms. The molecule has 0 aliphatic rings. The van der Waals surface area contributed by atoms with Crippen LogP contribution in [-0.4, -0.2) is 23.9 Å². The van der Waals surface area contributed by atoms with Crippen LogP contribution in [0.25, 0.3) is 0 Å². The van der Waals surface area contributed by atoms with Crippen LogP contribution in [0.2, 0.25) is 0 Å². The van der Waals surface area contributed by atoms with Crippen LogP contribution < -0.4 is 0 Å². The second kappa shape index (κ2) is 4.96. The van der Waals surface area contributed by atoms with Crippen LogP contribution in [0.15, 0.2) is 12.2 Å². The Balaban J connectivity index is 4.04. The zero-order valence-electron chi connectivity index (χ0n) is 8.66. The monoisotopic (exact) mass is 169 g/mol. The zero-order chi connectivity index (χ0) is 9.72. The number of nitrogens with zero attached hydrogens (tertiary/aromatic N) is 1. The molecule has 0 saturated heterocycles. The Morgan fingerprint density at radius 1 is 1.25 bits per heavy atom. The highest BCUT2D eigenvalue weighted by atomic mass is 16.2. The lowest BCUT2D eigenvalue weighted by molar-refractivity contribution is -0.126. The van der Waals surface area contributed by atoms with E-state index in [1.54, 1.807) is 11.0 Å². The van der Waals surface area contributed by atoms with Crippen molar-refractivity contribution in [2.75, 3.05) is 7.05 Å². The molecule has 0 atom stereocenters. The zero-order valence-corrected chi connectivity index (χ0v) is 8.66. The van der Waals surface area contributed by atoms with Crippen molar-refractivity contribution in [2.45, 2.75) is 33.7 Å². The van der Waals surface area contributed by atoms with Gasteiger partial charge >= 0.3 is 0 Å². The van der Waals surface area contributed by atoms with Gasteiger partial charge in [0.15, 0.2) is 0 Å². The molecule has 2 heteroatoms. The van der Waals surface area contributed by atoms with E-state index in [0.717, 1.165) is 0 Å². The predicted molar refractivity (Wildman–Crippen MR) is 51.9 cm³/mol. The molecule has 0 spiro atoms. The summed E-state index contributed by atoms with van der Waals surface area (Å²) in [4.78, 5) is 13.0. The van der Waals surface area contributed by atoms with Crippen molar-refractivity contribution in [3.05, 3.63) is 12.2 Å². The lowest BCUT2D eigenvalue weighted by atomic mass is 10.2. The van der Waals surface area contributed by atoms with Gasteiger partial charge in [-0.2, -0.15) is 0 Å². The van der Waals surface area contributed by atoms with E-state index in [2.05, 4.69) is 13.8 Å². The third kappa shape index (κ3) is 4.16. The van der Waals surface area contributed by atoms with Gasteiger partial charge in [-0.25, -0.2) is 0 Å². The van der Waals surface area contributed by atoms with Crippen LogP contribution in [0.4, 0.5) is 0 Å². The first-order valence-corrected chi connectivity index (χ1v) is 4.40. The van der Waals surface area contributed by atoms with Crippen molar-refractivity contribution in [3.8, 4) is 0 Å². The fourth-order valence-corrected chi connectivity index (χ4v) is 0.647. The summed E-state index contributed by atoms with van der Waals surface area (Å²) in [5.41, 5.74) is 0. The van der Waals surface area contributed by atoms with Crippen LogP contribution in [0.5, 0.6) is 0 Å². The number of hydrogen-bond acceptors (Lipinski definition) is 1. The number of amides is 1. The van der Waals surface area contributed by atoms with Gasteiger partial charge in [0.1, 0.15) is 0 Å². The Morgan fingerprint density at radius 2 is 1.75 bits per heavy atom. The maximum Gasteiger partial charge on any atom is 0.246 e. The minimum atomic E-state index is 0.0821. The Hall–Kier alpha value is -0.790. The van der Waals surface area contributed by atoms with Gasteiger partial charge in [-0.15, -0.1) is 0 Å². The summed E-state index contributed by atoms with van der Waals surface area (Å²) < 4.78 is 0. The van der Waals surface area contributed by atoms with Crippen molar-refractivity contribution in [1.29, 1.82) is 0 Å². The molecule has 0 N–H and O–H groups in total. The van der Waals surface area contributed by atoms with Crippen LogP contribution in [0.3, 0.4) is 0 Å². The van der Waals surface area contributed by atoms with E-state index < -0.39 is 0 Å². The molecule has 0 aromatic heterocycles. The highest BCUT2D eigenvalue weighted by molar-refractivity contribution is 5.87. The Kier molecular flexibility index (Phi) is 4.64. The van der Waals surface area contributed by atoms with Crippen molar-refractivity contribution >= 4 is 5.91 Å². The summed E-state index contributed by atoms with van der Waals surface area (Å²) in [7, 11) is 1.82. The number of hydrogen-bond donors (Lipinski definition) is 0. The Bertz CT molecular complexity index is 171. The van der Waals surface area contributed by atoms with E-state index in [-0.39, 0.29) is 11.9 Å². The first kappa shape index (κ1) is 11.2. The van der Waals surface area contributed by atoms with E-state index >= 15 is 0 Å². The number of carbonyl (C=O) groups is 1. The molecule has 1 amide bonds. The average Bonchev–Trinajstić information content (AvgIpc) is 1.98. The van der Waals surface area contributed by atoms with E-state index in [9.17, 15) is 4.79 Å². The van der Waals surface area contributed by atoms with E-state index in [0.29, 0.717) is 5.92 Å². The molecule has 70 valence electrons. The molecule has 0 aromatic rings. The normalized spacial score (nSPS) is 11.6. The Morgan fingerprint density at radius 3 is 2.08 bits per heavy atom. The lowest BCUT2D eigenvalue weighted by Crippen LogP contribution is -2.31. The van der Waals surface area contributed by atoms with Gasteiger partial charge in [-0.1, -0.05) is 19.9 Å². The van der Waals surface area contributed by atoms with Crippen molar-refractivity contribution in [3.63, 3.8) is 0 Å². The number of rotatable bonds is 3. The van der Waals surface area contributed by atoms with Gasteiger partial charge in [-0.3, -0.25) is 4.79 Å². The third-order valence-corrected chi connectivity index (χ3v) is 1.75. The summed E-state index contributed by atoms with van der Waals surface area (Å²) in [6.45, 7) is 8.11. The van der Waals surface area contributed by atoms with Gasteiger partial charge in [-0.05, 0) is 25.8 Å². The molecule has 12 heavy (non-hydrogen) atoms. The fourth-order valence-electron chi connectivity index (χ4n) is 0.647. The molecule has 2 nitrogen and oxygen atoms in total. The molecular formula is C10H19NO. The van der Waals surface area contributed by atoms with Gasteiger partial charge in [0, 0.05) is 13.1 Å². The second-order valence-electron chi connectivity index (χ2n) is 3.65. The fraction of sp³-hybridized carbons (Fsp3) is 0.700. The smallest absolute Gasteiger partial charge is 0.246 e. The number of allylic oxidation sites excluding steroid dienone is 1. The first-order valence-electron chi connectivity index (χ1n) is 4.40. The van der Waals surface area contributed by atoms with E-state index in [1.165, 1.54) is 0 Å². The van der Waals surface area contributed by atoms with Crippen LogP contribution in [0, 0.1) is 5.92 Å². The molecule has 0 aliphatic carbocycles. The summed E-state index contributed by atoms with van der Waals surface area (Å²) in [6, 6.07) is 0.273. The lowest BCUT2D eigenvalue weighted by Gasteiger charge is -2.19. The third-order valence-electron chi connectivity index (χ3n) is 1.75. The maximum atomic E-state index is 11.3. The average molecular weight is 169 g/mol. The minimum absolute atomic E-state index is 0.0821. The standard InChI is InChI=1S/C10H19NO/c1-8(2)6-7-10(12)11(5)9(3)4/h6-9H,1-5H3/b7-6-. The van der Waals surface area contributed by atoms with Gasteiger partial charge < -0.3 is 4.90 Å². The number of carbonyl (C=O) groups excluding carboxylic acids is 1. The highest BCUT2D eigenvalue weighted by Gasteiger charge is 2.07. The molecule has 0 radical (unpaired) electrons. The van der Waals surface area contributed by atoms with Crippen LogP contribution in [-0.2, 0) is 4.79 Å². The van der Waals surface area contributed by atoms with Crippen LogP contribution in [0.1, 0.15) is 27.7 Å². The van der Waals surface area contributed by atoms with Crippen molar-refractivity contribution in [2.24, 2.45) is 5.92 Å². The number of likely N-dealkylation sites (N-methyl/N-ethyl adjacent to an activating group) is 1. The predicted octanol–water partition coefficient (Wildman–Crippen LogP) is 2.07. The highest BCUT2D eigenvalue weighted by Crippen LogP contribution is 1.98. The maximum absolute atomic E-state index is 11.3. The minimum Gasteiger partial charge on any atom is -0.340 e. The molecule has 0 heterocycles. The molecule has 0 unspecified atom stereocenters. The van der Waals surface area contributed by atoms with Gasteiger partial charge in [0.25, 0.3) is 0 Å². The van der Waals surface area contributed by atoms with E-state index in [1.807, 2.05) is 27.0 Å². The van der Waals surface area contributed by atoms with Gasteiger partial charge in [0.05, 0.1) is 0 Å². The summed E-state index contributed by atoms with van der Waals surface area (Å²) in [6.07, 6.45) is 3.56. The molecule has 0 saturated carbocycles. The summed E-state index contributed by atoms with van der Waals surface area (Å²) >= 11 is 0. The van der Waals surface area contributed by atoms with E-state index in [4.69, 9.17) is 0 Å². The van der Waals surface area contributed by atoms with Crippen LogP contribution >= 0.6 is 0 Å². The van der Waals surface area contributed by atoms with Gasteiger partial charge in [0.2, 0.25) is 5.91 Å². The first-order chi connectivity index (χ1) is 5.45. The molecule has 0 rings (SSSR count). The van der Waals surface area contributed by atoms with Crippen molar-refractivity contribution < 1.29 is 4.79 Å². The Labute approximate surface area is 75.3 Å². The summed E-state index contributed by atoms with van der Waals surface area (Å²) in [5, 5.41) is 0. The van der Waals surface area contributed by atoms with Crippen molar-refractivity contribution in [1.82, 2.24) is 4.90 Å². The molecule has 0 aromatic carbocycles. The second-order valence-corrected chi connectivity index (χ2v) is 3.65. The SMILES string of the molecule is CC(C)/C=C\C(=O)N(C)C(C)C. The molecule has 0 aliphatic heterocycles. The quantitative estimate of drug-likeness (QED) is 0.592. The topological polar surface area (TPSA) is 20.3 Å². The largest absolute Gasteiger partial charge is 0.340 e.